The van der Waals surface area contributed by atoms with E-state index in [1.165, 1.54) is 18.1 Å². The molecule has 0 radical (unpaired) electrons. The number of aromatic hydroxyl groups is 1. The second-order valence-electron chi connectivity index (χ2n) is 7.16. The first kappa shape index (κ1) is 18.9. The van der Waals surface area contributed by atoms with Gasteiger partial charge < -0.3 is 20.7 Å². The van der Waals surface area contributed by atoms with Crippen molar-refractivity contribution in [1.29, 1.82) is 0 Å². The van der Waals surface area contributed by atoms with Crippen LogP contribution in [0.4, 0.5) is 21.8 Å². The molecule has 0 amide bonds. The summed E-state index contributed by atoms with van der Waals surface area (Å²) in [6.07, 6.45) is 4.83. The number of aryl methyl sites for hydroxylation is 1. The number of fused-ring (bicyclic) bond motifs is 1. The normalized spacial score (nSPS) is 13.3. The Hall–Kier alpha value is -3.42. The Kier molecular flexibility index (Phi) is 5.16. The molecule has 150 valence electrons. The zero-order chi connectivity index (χ0) is 20.4. The standard InChI is InChI=1S/C21H23FN6O/c1-12-3-5-16(22)21-20(12)15(13(2)27-21)7-8-23-18-9-19(26-11-25-18)28-17-6-4-14(29)10-24-17/h4,6,9-11,27,29H,3,5,7-8H2,1-2H3,(H2,23,24,25,26,28). The van der Waals surface area contributed by atoms with Gasteiger partial charge in [0.15, 0.2) is 0 Å². The van der Waals surface area contributed by atoms with E-state index in [1.54, 1.807) is 18.2 Å². The van der Waals surface area contributed by atoms with Crippen molar-refractivity contribution in [2.45, 2.75) is 33.1 Å². The third-order valence-electron chi connectivity index (χ3n) is 5.09. The van der Waals surface area contributed by atoms with Crippen LogP contribution in [-0.4, -0.2) is 31.6 Å². The third-order valence-corrected chi connectivity index (χ3v) is 5.09. The molecule has 3 aromatic rings. The van der Waals surface area contributed by atoms with Gasteiger partial charge in [-0.3, -0.25) is 0 Å². The maximum atomic E-state index is 14.2. The number of anilines is 3. The van der Waals surface area contributed by atoms with E-state index >= 15 is 0 Å². The molecule has 0 unspecified atom stereocenters. The van der Waals surface area contributed by atoms with Crippen LogP contribution in [0.25, 0.3) is 11.4 Å². The molecule has 0 spiro atoms. The van der Waals surface area contributed by atoms with Crippen LogP contribution in [-0.2, 0) is 6.42 Å². The molecule has 7 nitrogen and oxygen atoms in total. The fraction of sp³-hybridized carbons (Fsp3) is 0.286. The molecule has 4 N–H and O–H groups in total. The molecule has 1 aliphatic carbocycles. The number of hydrogen-bond acceptors (Lipinski definition) is 6. The molecule has 0 saturated carbocycles. The van der Waals surface area contributed by atoms with Crippen molar-refractivity contribution in [2.24, 2.45) is 0 Å². The summed E-state index contributed by atoms with van der Waals surface area (Å²) in [5, 5.41) is 17.4. The molecule has 0 saturated heterocycles. The van der Waals surface area contributed by atoms with Crippen LogP contribution < -0.4 is 21.2 Å². The minimum atomic E-state index is -0.0535. The van der Waals surface area contributed by atoms with Crippen molar-refractivity contribution in [2.75, 3.05) is 17.2 Å². The highest BCUT2D eigenvalue weighted by molar-refractivity contribution is 5.57. The molecule has 1 aliphatic rings. The monoisotopic (exact) mass is 394 g/mol. The Balaban J connectivity index is 1.45. The van der Waals surface area contributed by atoms with E-state index in [-0.39, 0.29) is 11.6 Å². The van der Waals surface area contributed by atoms with Crippen LogP contribution in [0.2, 0.25) is 0 Å². The summed E-state index contributed by atoms with van der Waals surface area (Å²) in [7, 11) is 0. The van der Waals surface area contributed by atoms with E-state index in [4.69, 9.17) is 0 Å². The summed E-state index contributed by atoms with van der Waals surface area (Å²) in [5.74, 6) is 1.90. The number of H-pyrrole nitrogens is 1. The molecule has 0 aliphatic heterocycles. The summed E-state index contributed by atoms with van der Waals surface area (Å²) in [6, 6.07) is 5.00. The zero-order valence-corrected chi connectivity index (χ0v) is 16.4. The zero-order valence-electron chi connectivity index (χ0n) is 16.4. The summed E-state index contributed by atoms with van der Waals surface area (Å²) < 4.78 is 14.2. The van der Waals surface area contributed by atoms with Gasteiger partial charge in [-0.15, -0.1) is 0 Å². The van der Waals surface area contributed by atoms with Crippen molar-refractivity contribution in [3.05, 3.63) is 52.5 Å². The Morgan fingerprint density at radius 2 is 1.93 bits per heavy atom. The largest absolute Gasteiger partial charge is 0.506 e. The quantitative estimate of drug-likeness (QED) is 0.513. The van der Waals surface area contributed by atoms with Gasteiger partial charge in [0.05, 0.1) is 11.5 Å². The first-order valence-electron chi connectivity index (χ1n) is 9.55. The lowest BCUT2D eigenvalue weighted by molar-refractivity contribution is 0.473. The highest BCUT2D eigenvalue weighted by Crippen LogP contribution is 2.18. The molecule has 8 heteroatoms. The third kappa shape index (κ3) is 4.06. The van der Waals surface area contributed by atoms with E-state index in [0.29, 0.717) is 35.8 Å². The van der Waals surface area contributed by atoms with Crippen molar-refractivity contribution < 1.29 is 9.50 Å². The average molecular weight is 394 g/mol. The van der Waals surface area contributed by atoms with Crippen LogP contribution in [0.5, 0.6) is 5.75 Å². The van der Waals surface area contributed by atoms with Gasteiger partial charge in [0.25, 0.3) is 0 Å². The minimum absolute atomic E-state index is 0.0535. The van der Waals surface area contributed by atoms with Gasteiger partial charge in [-0.1, -0.05) is 5.57 Å². The smallest absolute Gasteiger partial charge is 0.137 e. The van der Waals surface area contributed by atoms with Crippen LogP contribution >= 0.6 is 0 Å². The number of pyridine rings is 1. The SMILES string of the molecule is CC1=c2c(CCNc3cc(Nc4ccc(O)cn4)ncn3)c(C)[nH]c2=C(F)CC1. The van der Waals surface area contributed by atoms with Crippen molar-refractivity contribution >= 4 is 28.9 Å². The number of nitrogens with zero attached hydrogens (tertiary/aromatic N) is 3. The molecule has 3 aromatic heterocycles. The number of halogens is 1. The van der Waals surface area contributed by atoms with Gasteiger partial charge in [-0.05, 0) is 44.4 Å². The number of nitrogens with one attached hydrogen (secondary N) is 3. The molecule has 0 bridgehead atoms. The van der Waals surface area contributed by atoms with Gasteiger partial charge in [0.2, 0.25) is 0 Å². The molecule has 4 rings (SSSR count). The van der Waals surface area contributed by atoms with E-state index in [9.17, 15) is 9.50 Å². The van der Waals surface area contributed by atoms with E-state index in [1.807, 2.05) is 6.92 Å². The number of aromatic nitrogens is 4. The highest BCUT2D eigenvalue weighted by atomic mass is 19.1. The minimum Gasteiger partial charge on any atom is -0.506 e. The molecule has 0 atom stereocenters. The van der Waals surface area contributed by atoms with Crippen LogP contribution in [0, 0.1) is 6.92 Å². The van der Waals surface area contributed by atoms with Crippen molar-refractivity contribution in [3.8, 4) is 5.75 Å². The van der Waals surface area contributed by atoms with Gasteiger partial charge >= 0.3 is 0 Å². The van der Waals surface area contributed by atoms with Crippen molar-refractivity contribution in [1.82, 2.24) is 19.9 Å². The topological polar surface area (TPSA) is 98.8 Å². The predicted octanol–water partition coefficient (Wildman–Crippen LogP) is 2.65. The Bertz CT molecular complexity index is 1150. The lowest BCUT2D eigenvalue weighted by Crippen LogP contribution is -2.32. The maximum Gasteiger partial charge on any atom is 0.137 e. The first-order valence-corrected chi connectivity index (χ1v) is 9.55. The molecule has 0 fully saturated rings. The summed E-state index contributed by atoms with van der Waals surface area (Å²) in [5.41, 5.74) is 3.40. The van der Waals surface area contributed by atoms with E-state index in [0.717, 1.165) is 29.3 Å². The number of hydrogen-bond donors (Lipinski definition) is 4. The van der Waals surface area contributed by atoms with E-state index in [2.05, 4.69) is 37.5 Å². The predicted molar refractivity (Wildman–Crippen MR) is 111 cm³/mol. The van der Waals surface area contributed by atoms with Gasteiger partial charge in [-0.2, -0.15) is 0 Å². The fourth-order valence-corrected chi connectivity index (χ4v) is 3.63. The molecular weight excluding hydrogens is 371 g/mol. The summed E-state index contributed by atoms with van der Waals surface area (Å²) in [6.45, 7) is 4.73. The van der Waals surface area contributed by atoms with Crippen LogP contribution in [0.3, 0.4) is 0 Å². The fourth-order valence-electron chi connectivity index (χ4n) is 3.63. The molecule has 3 heterocycles. The number of rotatable bonds is 6. The lowest BCUT2D eigenvalue weighted by atomic mass is 10.00. The lowest BCUT2D eigenvalue weighted by Gasteiger charge is -2.10. The number of aromatic amines is 1. The molecule has 0 aromatic carbocycles. The van der Waals surface area contributed by atoms with Crippen molar-refractivity contribution in [3.63, 3.8) is 0 Å². The van der Waals surface area contributed by atoms with Crippen LogP contribution in [0.15, 0.2) is 30.7 Å². The van der Waals surface area contributed by atoms with Gasteiger partial charge in [0.1, 0.15) is 35.4 Å². The van der Waals surface area contributed by atoms with Gasteiger partial charge in [-0.25, -0.2) is 19.3 Å². The van der Waals surface area contributed by atoms with E-state index < -0.39 is 0 Å². The second kappa shape index (κ2) is 7.90. The van der Waals surface area contributed by atoms with Crippen LogP contribution in [0.1, 0.15) is 31.0 Å². The molecular formula is C21H23FN6O. The second-order valence-corrected chi connectivity index (χ2v) is 7.16. The first-order chi connectivity index (χ1) is 14.0. The highest BCUT2D eigenvalue weighted by Gasteiger charge is 2.15. The average Bonchev–Trinajstić information content (AvgIpc) is 3.05. The Morgan fingerprint density at radius 3 is 2.72 bits per heavy atom. The Morgan fingerprint density at radius 1 is 1.10 bits per heavy atom. The summed E-state index contributed by atoms with van der Waals surface area (Å²) >= 11 is 0. The maximum absolute atomic E-state index is 14.2. The summed E-state index contributed by atoms with van der Waals surface area (Å²) in [4.78, 5) is 15.7. The Labute approximate surface area is 167 Å². The molecule has 29 heavy (non-hydrogen) atoms. The van der Waals surface area contributed by atoms with Gasteiger partial charge in [0, 0.05) is 29.9 Å².